The molecule has 0 unspecified atom stereocenters. The Morgan fingerprint density at radius 2 is 1.71 bits per heavy atom. The number of carbonyl (C=O) groups excluding carboxylic acids is 1. The molecule has 1 N–H and O–H groups in total. The number of aromatic nitrogens is 2. The van der Waals surface area contributed by atoms with Crippen molar-refractivity contribution in [3.8, 4) is 16.9 Å². The highest BCUT2D eigenvalue weighted by Crippen LogP contribution is 2.48. The van der Waals surface area contributed by atoms with Crippen molar-refractivity contribution in [2.75, 3.05) is 32.6 Å². The van der Waals surface area contributed by atoms with Gasteiger partial charge in [0.15, 0.2) is 5.69 Å². The summed E-state index contributed by atoms with van der Waals surface area (Å²) in [5.41, 5.74) is 4.05. The van der Waals surface area contributed by atoms with Crippen LogP contribution in [0.15, 0.2) is 42.5 Å². The van der Waals surface area contributed by atoms with E-state index in [9.17, 15) is 9.36 Å². The molecule has 8 nitrogen and oxygen atoms in total. The predicted octanol–water partition coefficient (Wildman–Crippen LogP) is 8.18. The number of halogens is 2. The number of carbonyl (C=O) groups is 1. The first-order valence-electron chi connectivity index (χ1n) is 14.5. The maximum Gasteiger partial charge on any atom is 0.330 e. The Hall–Kier alpha value is -2.19. The fraction of sp³-hybridized carbons (Fsp3) is 0.484. The van der Waals surface area contributed by atoms with Crippen LogP contribution in [0.25, 0.3) is 16.9 Å². The minimum Gasteiger partial charge on any atom is -0.379 e. The van der Waals surface area contributed by atoms with Crippen molar-refractivity contribution < 1.29 is 23.1 Å². The van der Waals surface area contributed by atoms with Gasteiger partial charge >= 0.3 is 7.60 Å². The average Bonchev–Trinajstić information content (AvgIpc) is 3.54. The lowest BCUT2D eigenvalue weighted by Gasteiger charge is -2.30. The number of nitrogens with one attached hydrogen (secondary N) is 1. The van der Waals surface area contributed by atoms with E-state index in [1.807, 2.05) is 38.1 Å². The van der Waals surface area contributed by atoms with Gasteiger partial charge in [0.2, 0.25) is 0 Å². The Labute approximate surface area is 258 Å². The fourth-order valence-electron chi connectivity index (χ4n) is 5.43. The van der Waals surface area contributed by atoms with Crippen LogP contribution in [0.5, 0.6) is 0 Å². The molecular weight excluding hydrogens is 596 g/mol. The highest BCUT2D eigenvalue weighted by Gasteiger charge is 2.37. The second kappa shape index (κ2) is 14.5. The van der Waals surface area contributed by atoms with E-state index in [-0.39, 0.29) is 5.91 Å². The van der Waals surface area contributed by atoms with Crippen LogP contribution in [-0.2, 0) is 18.3 Å². The Morgan fingerprint density at radius 3 is 2.33 bits per heavy atom. The molecule has 1 amide bonds. The summed E-state index contributed by atoms with van der Waals surface area (Å²) in [6, 6.07) is 13.3. The molecule has 42 heavy (non-hydrogen) atoms. The summed E-state index contributed by atoms with van der Waals surface area (Å²) in [4.78, 5) is 13.8. The van der Waals surface area contributed by atoms with E-state index >= 15 is 0 Å². The number of hydrogen-bond donors (Lipinski definition) is 1. The van der Waals surface area contributed by atoms with E-state index in [4.69, 9.17) is 42.1 Å². The van der Waals surface area contributed by atoms with Crippen molar-refractivity contribution in [1.82, 2.24) is 15.1 Å². The normalized spacial score (nSPS) is 14.8. The molecular formula is C31H40Cl2N3O5P. The molecule has 0 radical (unpaired) electrons. The molecule has 0 saturated heterocycles. The van der Waals surface area contributed by atoms with E-state index in [1.54, 1.807) is 36.7 Å². The van der Waals surface area contributed by atoms with E-state index in [0.717, 1.165) is 48.1 Å². The van der Waals surface area contributed by atoms with E-state index < -0.39 is 13.1 Å². The molecule has 1 saturated carbocycles. The second-order valence-electron chi connectivity index (χ2n) is 10.7. The van der Waals surface area contributed by atoms with Crippen LogP contribution in [0.2, 0.25) is 10.0 Å². The zero-order chi connectivity index (χ0) is 30.3. The Kier molecular flexibility index (Phi) is 11.3. The summed E-state index contributed by atoms with van der Waals surface area (Å²) < 4.78 is 31.3. The lowest BCUT2D eigenvalue weighted by atomic mass is 9.98. The van der Waals surface area contributed by atoms with Gasteiger partial charge in [-0.1, -0.05) is 65.9 Å². The molecule has 1 aliphatic rings. The summed E-state index contributed by atoms with van der Waals surface area (Å²) >= 11 is 12.8. The Bertz CT molecular complexity index is 1410. The maximum atomic E-state index is 13.8. The highest BCUT2D eigenvalue weighted by molar-refractivity contribution is 7.53. The Morgan fingerprint density at radius 1 is 1.05 bits per heavy atom. The predicted molar refractivity (Wildman–Crippen MR) is 168 cm³/mol. The van der Waals surface area contributed by atoms with Crippen molar-refractivity contribution in [3.05, 3.63) is 69.3 Å². The van der Waals surface area contributed by atoms with Crippen LogP contribution >= 0.6 is 30.8 Å². The number of amides is 1. The summed E-state index contributed by atoms with van der Waals surface area (Å²) in [6.07, 6.45) is 4.43. The molecule has 2 aromatic carbocycles. The van der Waals surface area contributed by atoms with Crippen molar-refractivity contribution in [3.63, 3.8) is 0 Å². The zero-order valence-electron chi connectivity index (χ0n) is 24.8. The van der Waals surface area contributed by atoms with Crippen LogP contribution in [0.1, 0.15) is 67.6 Å². The molecule has 1 heterocycles. The van der Waals surface area contributed by atoms with Crippen LogP contribution in [0.4, 0.5) is 0 Å². The topological polar surface area (TPSA) is 91.7 Å². The summed E-state index contributed by atoms with van der Waals surface area (Å²) in [5, 5.41) is 9.02. The van der Waals surface area contributed by atoms with Gasteiger partial charge in [-0.2, -0.15) is 5.10 Å². The maximum absolute atomic E-state index is 13.8. The first-order chi connectivity index (χ1) is 20.1. The fourth-order valence-corrected chi connectivity index (χ4v) is 7.56. The lowest BCUT2D eigenvalue weighted by Crippen LogP contribution is -2.50. The molecule has 3 aromatic rings. The molecule has 1 fully saturated rings. The molecule has 228 valence electrons. The lowest BCUT2D eigenvalue weighted by molar-refractivity contribution is 0.0593. The SMILES string of the molecule is CCOP(=O)(CCCOCC1(NC(=O)c2nn(-c3ccc(Cl)cc3Cl)c(-c3ccc(C)cc3)c2C)CCCC1)OCC. The third-order valence-electron chi connectivity index (χ3n) is 7.49. The van der Waals surface area contributed by atoms with Crippen molar-refractivity contribution in [2.45, 2.75) is 65.3 Å². The van der Waals surface area contributed by atoms with Gasteiger partial charge in [0.25, 0.3) is 5.91 Å². The van der Waals surface area contributed by atoms with Gasteiger partial charge in [-0.3, -0.25) is 9.36 Å². The molecule has 1 aromatic heterocycles. The van der Waals surface area contributed by atoms with Crippen LogP contribution < -0.4 is 5.32 Å². The van der Waals surface area contributed by atoms with Crippen LogP contribution in [-0.4, -0.2) is 53.8 Å². The van der Waals surface area contributed by atoms with Gasteiger partial charge in [0.1, 0.15) is 0 Å². The van der Waals surface area contributed by atoms with E-state index in [0.29, 0.717) is 60.4 Å². The average molecular weight is 637 g/mol. The third kappa shape index (κ3) is 7.85. The largest absolute Gasteiger partial charge is 0.379 e. The zero-order valence-corrected chi connectivity index (χ0v) is 27.2. The van der Waals surface area contributed by atoms with Crippen LogP contribution in [0, 0.1) is 13.8 Å². The third-order valence-corrected chi connectivity index (χ3v) is 10.2. The molecule has 4 rings (SSSR count). The number of ether oxygens (including phenoxy) is 1. The number of rotatable bonds is 14. The summed E-state index contributed by atoms with van der Waals surface area (Å²) in [5.74, 6) is -0.257. The van der Waals surface area contributed by atoms with Gasteiger partial charge in [-0.25, -0.2) is 4.68 Å². The van der Waals surface area contributed by atoms with Crippen molar-refractivity contribution >= 4 is 36.7 Å². The molecule has 0 bridgehead atoms. The van der Waals surface area contributed by atoms with Gasteiger partial charge in [0.05, 0.1) is 47.9 Å². The number of benzene rings is 2. The first kappa shape index (κ1) is 32.7. The number of hydrogen-bond acceptors (Lipinski definition) is 6. The second-order valence-corrected chi connectivity index (χ2v) is 13.7. The molecule has 11 heteroatoms. The van der Waals surface area contributed by atoms with Gasteiger partial charge in [-0.15, -0.1) is 0 Å². The smallest absolute Gasteiger partial charge is 0.330 e. The monoisotopic (exact) mass is 635 g/mol. The Balaban J connectivity index is 1.54. The molecule has 0 atom stereocenters. The van der Waals surface area contributed by atoms with Gasteiger partial charge in [0, 0.05) is 22.8 Å². The minimum absolute atomic E-state index is 0.257. The van der Waals surface area contributed by atoms with Gasteiger partial charge in [-0.05, 0) is 65.2 Å². The number of nitrogens with zero attached hydrogens (tertiary/aromatic N) is 2. The summed E-state index contributed by atoms with van der Waals surface area (Å²) in [6.45, 7) is 8.95. The quantitative estimate of drug-likeness (QED) is 0.142. The summed E-state index contributed by atoms with van der Waals surface area (Å²) in [7, 11) is -3.11. The minimum atomic E-state index is -3.11. The van der Waals surface area contributed by atoms with E-state index in [1.165, 1.54) is 0 Å². The molecule has 0 aliphatic heterocycles. The van der Waals surface area contributed by atoms with Gasteiger partial charge < -0.3 is 19.1 Å². The molecule has 0 spiro atoms. The first-order valence-corrected chi connectivity index (χ1v) is 17.0. The molecule has 1 aliphatic carbocycles. The number of aryl methyl sites for hydroxylation is 1. The standard InChI is InChI=1S/C31H40Cl2N3O5P/c1-5-40-42(38,41-6-2)19-9-18-39-21-31(16-7-8-17-31)34-30(37)28-23(4)29(24-12-10-22(3)11-13-24)36(35-28)27-15-14-25(32)20-26(27)33/h10-15,20H,5-9,16-19,21H2,1-4H3,(H,34,37). The van der Waals surface area contributed by atoms with Crippen molar-refractivity contribution in [1.29, 1.82) is 0 Å². The van der Waals surface area contributed by atoms with Crippen LogP contribution in [0.3, 0.4) is 0 Å². The highest BCUT2D eigenvalue weighted by atomic mass is 35.5. The van der Waals surface area contributed by atoms with Crippen molar-refractivity contribution in [2.24, 2.45) is 0 Å². The van der Waals surface area contributed by atoms with E-state index in [2.05, 4.69) is 5.32 Å².